The summed E-state index contributed by atoms with van der Waals surface area (Å²) in [5.74, 6) is 0.698. The second kappa shape index (κ2) is 11.7. The Hall–Kier alpha value is -1.14. The molecule has 0 saturated carbocycles. The van der Waals surface area contributed by atoms with Gasteiger partial charge in [-0.2, -0.15) is 0 Å². The molecule has 0 aromatic heterocycles. The second-order valence-corrected chi connectivity index (χ2v) is 11.8. The summed E-state index contributed by atoms with van der Waals surface area (Å²) in [5.41, 5.74) is 3.85. The number of hydrogen-bond acceptors (Lipinski definition) is 4. The van der Waals surface area contributed by atoms with Gasteiger partial charge in [-0.05, 0) is 105 Å². The summed E-state index contributed by atoms with van der Waals surface area (Å²) >= 11 is 18.2. The monoisotopic (exact) mass is 736 g/mol. The van der Waals surface area contributed by atoms with Gasteiger partial charge in [0.05, 0.1) is 12.0 Å². The smallest absolute Gasteiger partial charge is 0.260 e. The van der Waals surface area contributed by atoms with Crippen LogP contribution < -0.4 is 15.4 Å². The predicted octanol–water partition coefficient (Wildman–Crippen LogP) is 7.94. The Morgan fingerprint density at radius 1 is 1.09 bits per heavy atom. The first-order valence-corrected chi connectivity index (χ1v) is 14.2. The van der Waals surface area contributed by atoms with Crippen molar-refractivity contribution in [2.24, 2.45) is 0 Å². The van der Waals surface area contributed by atoms with Crippen LogP contribution in [0.25, 0.3) is 6.08 Å². The number of aryl methyl sites for hydroxylation is 1. The molecule has 1 amide bonds. The molecule has 0 radical (unpaired) electrons. The average molecular weight is 737 g/mol. The zero-order chi connectivity index (χ0) is 24.2. The predicted molar refractivity (Wildman–Crippen MR) is 160 cm³/mol. The number of thioether (sulfide) groups is 1. The van der Waals surface area contributed by atoms with E-state index in [2.05, 4.69) is 74.9 Å². The molecule has 0 bridgehead atoms. The van der Waals surface area contributed by atoms with E-state index in [9.17, 15) is 4.79 Å². The van der Waals surface area contributed by atoms with Gasteiger partial charge in [-0.3, -0.25) is 4.79 Å². The highest BCUT2D eigenvalue weighted by Gasteiger charge is 2.27. The number of ether oxygens (including phenoxy) is 1. The molecular weight excluding hydrogens is 717 g/mol. The van der Waals surface area contributed by atoms with Crippen LogP contribution in [0.5, 0.6) is 5.75 Å². The number of halogens is 4. The van der Waals surface area contributed by atoms with E-state index in [1.165, 1.54) is 17.3 Å². The fourth-order valence-electron chi connectivity index (χ4n) is 3.29. The molecule has 176 valence electrons. The lowest BCUT2D eigenvalue weighted by molar-refractivity contribution is -0.116. The van der Waals surface area contributed by atoms with Crippen molar-refractivity contribution < 1.29 is 9.53 Å². The molecule has 1 atom stereocenters. The van der Waals surface area contributed by atoms with Crippen molar-refractivity contribution in [2.75, 3.05) is 5.32 Å². The Bertz CT molecular complexity index is 1230. The van der Waals surface area contributed by atoms with Crippen molar-refractivity contribution >= 4 is 97.8 Å². The molecular formula is C25H20Cl2I2N2O2S. The molecule has 3 aromatic rings. The molecule has 0 unspecified atom stereocenters. The van der Waals surface area contributed by atoms with E-state index >= 15 is 0 Å². The quantitative estimate of drug-likeness (QED) is 0.191. The molecule has 4 rings (SSSR count). The van der Waals surface area contributed by atoms with Crippen LogP contribution in [0.15, 0.2) is 59.5 Å². The topological polar surface area (TPSA) is 50.4 Å². The summed E-state index contributed by atoms with van der Waals surface area (Å²) in [5, 5.41) is 7.51. The second-order valence-electron chi connectivity index (χ2n) is 7.51. The number of benzene rings is 3. The SMILES string of the molecule is CCc1ccc(N[C@@H]2NC(=O)/C(=C/c3cc(I)c(OCc4ccc(Cl)cc4Cl)c(I)c3)S2)cc1. The number of rotatable bonds is 7. The molecule has 3 aromatic carbocycles. The average Bonchev–Trinajstić information content (AvgIpc) is 3.13. The third-order valence-electron chi connectivity index (χ3n) is 5.10. The normalized spacial score (nSPS) is 16.6. The lowest BCUT2D eigenvalue weighted by Gasteiger charge is -2.13. The standard InChI is InChI=1S/C25H20Cl2I2N2O2S/c1-2-14-3-7-18(8-4-14)30-25-31-24(32)22(34-25)11-15-9-20(28)23(21(29)10-15)33-13-16-5-6-17(26)12-19(16)27/h3-12,25,30H,2,13H2,1H3,(H,31,32)/b22-11-/t25-/m1/s1. The largest absolute Gasteiger partial charge is 0.487 e. The van der Waals surface area contributed by atoms with Crippen LogP contribution in [0.4, 0.5) is 5.69 Å². The molecule has 9 heteroatoms. The number of hydrogen-bond donors (Lipinski definition) is 2. The van der Waals surface area contributed by atoms with Gasteiger partial charge in [-0.15, -0.1) is 0 Å². The minimum Gasteiger partial charge on any atom is -0.487 e. The van der Waals surface area contributed by atoms with Gasteiger partial charge in [0.25, 0.3) is 5.91 Å². The number of anilines is 1. The van der Waals surface area contributed by atoms with Crippen LogP contribution in [0.2, 0.25) is 10.0 Å². The Morgan fingerprint density at radius 2 is 1.79 bits per heavy atom. The van der Waals surface area contributed by atoms with E-state index in [4.69, 9.17) is 27.9 Å². The van der Waals surface area contributed by atoms with Crippen LogP contribution >= 0.6 is 80.1 Å². The molecule has 0 spiro atoms. The van der Waals surface area contributed by atoms with E-state index in [1.54, 1.807) is 12.1 Å². The summed E-state index contributed by atoms with van der Waals surface area (Å²) in [7, 11) is 0. The minimum atomic E-state index is -0.212. The van der Waals surface area contributed by atoms with Gasteiger partial charge in [0.15, 0.2) is 5.50 Å². The van der Waals surface area contributed by atoms with Crippen molar-refractivity contribution in [2.45, 2.75) is 25.4 Å². The molecule has 1 aliphatic heterocycles. The first-order valence-electron chi connectivity index (χ1n) is 10.4. The van der Waals surface area contributed by atoms with Crippen molar-refractivity contribution in [1.82, 2.24) is 5.32 Å². The molecule has 1 saturated heterocycles. The highest BCUT2D eigenvalue weighted by molar-refractivity contribution is 14.1. The van der Waals surface area contributed by atoms with Crippen molar-refractivity contribution in [3.63, 3.8) is 0 Å². The third-order valence-corrected chi connectivity index (χ3v) is 8.31. The first-order chi connectivity index (χ1) is 16.3. The van der Waals surface area contributed by atoms with Crippen LogP contribution in [0, 0.1) is 7.14 Å². The first kappa shape index (κ1) is 25.9. The van der Waals surface area contributed by atoms with Gasteiger partial charge < -0.3 is 15.4 Å². The van der Waals surface area contributed by atoms with Crippen LogP contribution in [0.3, 0.4) is 0 Å². The highest BCUT2D eigenvalue weighted by atomic mass is 127. The Morgan fingerprint density at radius 3 is 2.44 bits per heavy atom. The Kier molecular flexibility index (Phi) is 8.95. The highest BCUT2D eigenvalue weighted by Crippen LogP contribution is 2.34. The van der Waals surface area contributed by atoms with Gasteiger partial charge >= 0.3 is 0 Å². The Balaban J connectivity index is 1.44. The number of carbonyl (C=O) groups excluding carboxylic acids is 1. The minimum absolute atomic E-state index is 0.0876. The van der Waals surface area contributed by atoms with Gasteiger partial charge in [0, 0.05) is 21.3 Å². The molecule has 2 N–H and O–H groups in total. The summed E-state index contributed by atoms with van der Waals surface area (Å²) in [6.07, 6.45) is 2.91. The maximum absolute atomic E-state index is 12.5. The number of nitrogens with one attached hydrogen (secondary N) is 2. The molecule has 1 fully saturated rings. The lowest BCUT2D eigenvalue weighted by Crippen LogP contribution is -2.30. The van der Waals surface area contributed by atoms with Crippen molar-refractivity contribution in [1.29, 1.82) is 0 Å². The Labute approximate surface area is 240 Å². The molecule has 1 aliphatic rings. The zero-order valence-corrected chi connectivity index (χ0v) is 24.6. The summed E-state index contributed by atoms with van der Waals surface area (Å²) < 4.78 is 7.97. The fourth-order valence-corrected chi connectivity index (χ4v) is 6.87. The van der Waals surface area contributed by atoms with Gasteiger partial charge in [0.1, 0.15) is 12.4 Å². The van der Waals surface area contributed by atoms with Crippen LogP contribution in [0.1, 0.15) is 23.6 Å². The van der Waals surface area contributed by atoms with E-state index < -0.39 is 0 Å². The van der Waals surface area contributed by atoms with E-state index in [1.807, 2.05) is 36.4 Å². The maximum Gasteiger partial charge on any atom is 0.260 e. The van der Waals surface area contributed by atoms with E-state index in [0.717, 1.165) is 36.1 Å². The molecule has 34 heavy (non-hydrogen) atoms. The molecule has 4 nitrogen and oxygen atoms in total. The summed E-state index contributed by atoms with van der Waals surface area (Å²) in [6, 6.07) is 17.6. The van der Waals surface area contributed by atoms with Gasteiger partial charge in [-0.1, -0.05) is 60.1 Å². The van der Waals surface area contributed by atoms with E-state index in [-0.39, 0.29) is 11.4 Å². The molecule has 0 aliphatic carbocycles. The van der Waals surface area contributed by atoms with E-state index in [0.29, 0.717) is 21.6 Å². The van der Waals surface area contributed by atoms with Crippen LogP contribution in [-0.2, 0) is 17.8 Å². The summed E-state index contributed by atoms with van der Waals surface area (Å²) in [4.78, 5) is 13.2. The lowest BCUT2D eigenvalue weighted by atomic mass is 10.1. The third kappa shape index (κ3) is 6.54. The number of carbonyl (C=O) groups is 1. The number of amides is 1. The zero-order valence-electron chi connectivity index (χ0n) is 18.0. The van der Waals surface area contributed by atoms with Gasteiger partial charge in [-0.25, -0.2) is 0 Å². The van der Waals surface area contributed by atoms with Gasteiger partial charge in [0.2, 0.25) is 0 Å². The van der Waals surface area contributed by atoms with Crippen molar-refractivity contribution in [3.05, 3.63) is 93.4 Å². The maximum atomic E-state index is 12.5. The fraction of sp³-hybridized carbons (Fsp3) is 0.160. The van der Waals surface area contributed by atoms with Crippen LogP contribution in [-0.4, -0.2) is 11.4 Å². The van der Waals surface area contributed by atoms with Crippen molar-refractivity contribution in [3.8, 4) is 5.75 Å². The molecule has 1 heterocycles. The summed E-state index contributed by atoms with van der Waals surface area (Å²) in [6.45, 7) is 2.47.